The van der Waals surface area contributed by atoms with E-state index < -0.39 is 0 Å². The summed E-state index contributed by atoms with van der Waals surface area (Å²) >= 11 is 1.60. The summed E-state index contributed by atoms with van der Waals surface area (Å²) in [6, 6.07) is 0. The number of hydrazine groups is 1. The Balaban J connectivity index is 0.00000200. The first kappa shape index (κ1) is 16.6. The van der Waals surface area contributed by atoms with Crippen LogP contribution >= 0.6 is 23.7 Å². The van der Waals surface area contributed by atoms with Crippen molar-refractivity contribution >= 4 is 29.7 Å². The first-order valence-corrected chi connectivity index (χ1v) is 6.91. The molecule has 0 fully saturated rings. The molecule has 0 bridgehead atoms. The van der Waals surface area contributed by atoms with E-state index >= 15 is 0 Å². The normalized spacial score (nSPS) is 10.1. The number of thiazole rings is 1. The highest BCUT2D eigenvalue weighted by atomic mass is 35.5. The van der Waals surface area contributed by atoms with E-state index in [0.717, 1.165) is 16.4 Å². The average Bonchev–Trinajstić information content (AvgIpc) is 2.96. The van der Waals surface area contributed by atoms with Crippen molar-refractivity contribution < 1.29 is 4.79 Å². The van der Waals surface area contributed by atoms with E-state index in [4.69, 9.17) is 0 Å². The highest BCUT2D eigenvalue weighted by Gasteiger charge is 2.04. The molecular formula is C12H18ClN5OS. The monoisotopic (exact) mass is 315 g/mol. The lowest BCUT2D eigenvalue weighted by Crippen LogP contribution is -2.37. The van der Waals surface area contributed by atoms with E-state index in [1.807, 2.05) is 30.1 Å². The van der Waals surface area contributed by atoms with Crippen molar-refractivity contribution in [3.8, 4) is 0 Å². The fourth-order valence-electron chi connectivity index (χ4n) is 1.62. The third-order valence-electron chi connectivity index (χ3n) is 2.53. The van der Waals surface area contributed by atoms with Crippen molar-refractivity contribution in [2.75, 3.05) is 0 Å². The molecule has 0 spiro atoms. The van der Waals surface area contributed by atoms with E-state index in [1.54, 1.807) is 17.7 Å². The number of amides is 1. The number of hydrogen-bond acceptors (Lipinski definition) is 5. The zero-order valence-electron chi connectivity index (χ0n) is 11.4. The van der Waals surface area contributed by atoms with E-state index in [-0.39, 0.29) is 18.3 Å². The number of rotatable bonds is 6. The van der Waals surface area contributed by atoms with Crippen molar-refractivity contribution in [1.29, 1.82) is 0 Å². The number of nitrogens with zero attached hydrogens (tertiary/aromatic N) is 3. The maximum Gasteiger partial charge on any atom is 0.234 e. The Hall–Kier alpha value is -1.44. The molecule has 0 aliphatic rings. The summed E-state index contributed by atoms with van der Waals surface area (Å²) in [5, 5.41) is 3.00. The molecule has 1 amide bonds. The van der Waals surface area contributed by atoms with Crippen LogP contribution in [0.3, 0.4) is 0 Å². The number of hydrogen-bond donors (Lipinski definition) is 2. The summed E-state index contributed by atoms with van der Waals surface area (Å²) < 4.78 is 1.87. The molecular weight excluding hydrogens is 298 g/mol. The molecule has 110 valence electrons. The smallest absolute Gasteiger partial charge is 0.234 e. The van der Waals surface area contributed by atoms with Crippen LogP contribution in [0.4, 0.5) is 0 Å². The van der Waals surface area contributed by atoms with Gasteiger partial charge in [-0.25, -0.2) is 15.4 Å². The van der Waals surface area contributed by atoms with Crippen molar-refractivity contribution in [2.24, 2.45) is 7.05 Å². The predicted molar refractivity (Wildman–Crippen MR) is 80.6 cm³/mol. The Kier molecular flexibility index (Phi) is 6.63. The Morgan fingerprint density at radius 2 is 2.25 bits per heavy atom. The number of nitrogens with one attached hydrogen (secondary N) is 2. The Morgan fingerprint density at radius 1 is 1.45 bits per heavy atom. The van der Waals surface area contributed by atoms with Crippen molar-refractivity contribution in [3.63, 3.8) is 0 Å². The van der Waals surface area contributed by atoms with Gasteiger partial charge in [0.1, 0.15) is 0 Å². The molecule has 0 aliphatic carbocycles. The van der Waals surface area contributed by atoms with E-state index in [0.29, 0.717) is 19.4 Å². The lowest BCUT2D eigenvalue weighted by atomic mass is 10.2. The molecule has 0 aromatic carbocycles. The highest BCUT2D eigenvalue weighted by molar-refractivity contribution is 7.09. The van der Waals surface area contributed by atoms with Gasteiger partial charge in [-0.15, -0.1) is 23.7 Å². The molecule has 2 aromatic heterocycles. The van der Waals surface area contributed by atoms with Gasteiger partial charge in [-0.2, -0.15) is 0 Å². The van der Waals surface area contributed by atoms with Crippen LogP contribution in [-0.2, 0) is 24.8 Å². The molecule has 20 heavy (non-hydrogen) atoms. The molecule has 6 nitrogen and oxygen atoms in total. The molecule has 2 heterocycles. The number of aryl methyl sites for hydroxylation is 3. The van der Waals surface area contributed by atoms with E-state index in [2.05, 4.69) is 20.8 Å². The maximum absolute atomic E-state index is 11.6. The van der Waals surface area contributed by atoms with Crippen molar-refractivity contribution in [3.05, 3.63) is 34.3 Å². The molecule has 0 atom stereocenters. The SMILES string of the molecule is Cc1nc(CNNC(=O)CCc2cn(C)cn2)cs1.Cl. The van der Waals surface area contributed by atoms with Gasteiger partial charge in [-0.3, -0.25) is 10.2 Å². The molecule has 0 aliphatic heterocycles. The zero-order chi connectivity index (χ0) is 13.7. The van der Waals surface area contributed by atoms with Crippen LogP contribution in [0.5, 0.6) is 0 Å². The number of halogens is 1. The van der Waals surface area contributed by atoms with Gasteiger partial charge in [0.15, 0.2) is 0 Å². The minimum absolute atomic E-state index is 0. The lowest BCUT2D eigenvalue weighted by Gasteiger charge is -2.04. The average molecular weight is 316 g/mol. The number of carbonyl (C=O) groups is 1. The van der Waals surface area contributed by atoms with Gasteiger partial charge in [-0.1, -0.05) is 0 Å². The minimum Gasteiger partial charge on any atom is -0.340 e. The van der Waals surface area contributed by atoms with E-state index in [9.17, 15) is 4.79 Å². The van der Waals surface area contributed by atoms with Crippen LogP contribution in [0.25, 0.3) is 0 Å². The molecule has 0 saturated carbocycles. The molecule has 2 rings (SSSR count). The quantitative estimate of drug-likeness (QED) is 0.790. The second-order valence-electron chi connectivity index (χ2n) is 4.29. The largest absolute Gasteiger partial charge is 0.340 e. The third kappa shape index (κ3) is 5.28. The number of imidazole rings is 1. The maximum atomic E-state index is 11.6. The van der Waals surface area contributed by atoms with Gasteiger partial charge in [0.05, 0.1) is 29.3 Å². The molecule has 0 saturated heterocycles. The zero-order valence-corrected chi connectivity index (χ0v) is 13.1. The van der Waals surface area contributed by atoms with Gasteiger partial charge >= 0.3 is 0 Å². The molecule has 0 unspecified atom stereocenters. The second kappa shape index (κ2) is 7.98. The standard InChI is InChI=1S/C12H17N5OS.ClH/c1-9-15-11(7-19-9)5-14-16-12(18)4-3-10-6-17(2)8-13-10;/h6-8,14H,3-5H2,1-2H3,(H,16,18);1H. The fraction of sp³-hybridized carbons (Fsp3) is 0.417. The molecule has 2 aromatic rings. The number of carbonyl (C=O) groups excluding carboxylic acids is 1. The van der Waals surface area contributed by atoms with Crippen LogP contribution in [-0.4, -0.2) is 20.4 Å². The van der Waals surface area contributed by atoms with Crippen LogP contribution in [0, 0.1) is 6.92 Å². The topological polar surface area (TPSA) is 71.8 Å². The number of aromatic nitrogens is 3. The van der Waals surface area contributed by atoms with Gasteiger partial charge < -0.3 is 4.57 Å². The Bertz CT molecular complexity index is 554. The van der Waals surface area contributed by atoms with Crippen LogP contribution in [0.2, 0.25) is 0 Å². The van der Waals surface area contributed by atoms with Crippen LogP contribution in [0.15, 0.2) is 17.9 Å². The summed E-state index contributed by atoms with van der Waals surface area (Å²) in [5.74, 6) is -0.0439. The summed E-state index contributed by atoms with van der Waals surface area (Å²) in [4.78, 5) is 20.1. The highest BCUT2D eigenvalue weighted by Crippen LogP contribution is 2.06. The van der Waals surface area contributed by atoms with Gasteiger partial charge in [0.25, 0.3) is 0 Å². The Labute approximate surface area is 128 Å². The first-order chi connectivity index (χ1) is 9.13. The second-order valence-corrected chi connectivity index (χ2v) is 5.35. The van der Waals surface area contributed by atoms with E-state index in [1.165, 1.54) is 0 Å². The molecule has 2 N–H and O–H groups in total. The van der Waals surface area contributed by atoms with Crippen molar-refractivity contribution in [2.45, 2.75) is 26.3 Å². The summed E-state index contributed by atoms with van der Waals surface area (Å²) in [5.41, 5.74) is 7.40. The summed E-state index contributed by atoms with van der Waals surface area (Å²) in [6.07, 6.45) is 4.71. The molecule has 0 radical (unpaired) electrons. The lowest BCUT2D eigenvalue weighted by molar-refractivity contribution is -0.122. The summed E-state index contributed by atoms with van der Waals surface area (Å²) in [6.45, 7) is 2.50. The summed E-state index contributed by atoms with van der Waals surface area (Å²) in [7, 11) is 1.91. The van der Waals surface area contributed by atoms with Gasteiger partial charge in [0.2, 0.25) is 5.91 Å². The Morgan fingerprint density at radius 3 is 2.85 bits per heavy atom. The fourth-order valence-corrected chi connectivity index (χ4v) is 2.24. The predicted octanol–water partition coefficient (Wildman–Crippen LogP) is 1.36. The first-order valence-electron chi connectivity index (χ1n) is 6.03. The van der Waals surface area contributed by atoms with Crippen molar-refractivity contribution in [1.82, 2.24) is 25.4 Å². The van der Waals surface area contributed by atoms with Gasteiger partial charge in [-0.05, 0) is 13.3 Å². The van der Waals surface area contributed by atoms with Crippen LogP contribution < -0.4 is 10.9 Å². The molecule has 8 heteroatoms. The van der Waals surface area contributed by atoms with Gasteiger partial charge in [0, 0.05) is 25.0 Å². The van der Waals surface area contributed by atoms with Crippen LogP contribution in [0.1, 0.15) is 22.8 Å². The minimum atomic E-state index is -0.0439. The third-order valence-corrected chi connectivity index (χ3v) is 3.35.